The maximum Gasteiger partial charge on any atom is 0.379 e. The fourth-order valence-electron chi connectivity index (χ4n) is 1.38. The minimum absolute atomic E-state index is 0.319. The number of rotatable bonds is 7. The van der Waals surface area contributed by atoms with Crippen LogP contribution in [0.4, 0.5) is 4.39 Å². The van der Waals surface area contributed by atoms with Crippen molar-refractivity contribution < 1.29 is 18.0 Å². The monoisotopic (exact) mass is 338 g/mol. The van der Waals surface area contributed by atoms with E-state index in [0.29, 0.717) is 23.0 Å². The topological polar surface area (TPSA) is 35.5 Å². The zero-order valence-corrected chi connectivity index (χ0v) is 13.0. The summed E-state index contributed by atoms with van der Waals surface area (Å²) in [4.78, 5) is 0. The average molecular weight is 339 g/mol. The van der Waals surface area contributed by atoms with E-state index in [1.54, 1.807) is 6.92 Å². The van der Waals surface area contributed by atoms with Gasteiger partial charge in [0.05, 0.1) is 17.2 Å². The van der Waals surface area contributed by atoms with Crippen LogP contribution in [-0.4, -0.2) is 12.8 Å². The Hall–Kier alpha value is -0.380. The molecule has 3 nitrogen and oxygen atoms in total. The standard InChI is InChI=1S/C12H17BrFO3P/c1-3-5-8-18(15,16-4-2)17-12-7-6-10(14)9-11(12)13/h6-7,9H,3-5,8H2,1-2H3. The lowest BCUT2D eigenvalue weighted by molar-refractivity contribution is 0.278. The zero-order valence-electron chi connectivity index (χ0n) is 10.5. The lowest BCUT2D eigenvalue weighted by Crippen LogP contribution is -2.03. The Kier molecular flexibility index (Phi) is 6.33. The lowest BCUT2D eigenvalue weighted by Gasteiger charge is -2.19. The quantitative estimate of drug-likeness (QED) is 0.656. The molecule has 1 aromatic carbocycles. The molecule has 0 bridgehead atoms. The van der Waals surface area contributed by atoms with Crippen molar-refractivity contribution in [3.8, 4) is 5.75 Å². The van der Waals surface area contributed by atoms with Gasteiger partial charge >= 0.3 is 7.60 Å². The van der Waals surface area contributed by atoms with Crippen molar-refractivity contribution >= 4 is 23.5 Å². The van der Waals surface area contributed by atoms with Gasteiger partial charge in [0.2, 0.25) is 0 Å². The summed E-state index contributed by atoms with van der Waals surface area (Å²) in [6, 6.07) is 3.97. The van der Waals surface area contributed by atoms with Crippen molar-refractivity contribution in [3.63, 3.8) is 0 Å². The summed E-state index contributed by atoms with van der Waals surface area (Å²) in [5, 5.41) is 0. The minimum Gasteiger partial charge on any atom is -0.423 e. The van der Waals surface area contributed by atoms with Crippen molar-refractivity contribution in [2.45, 2.75) is 26.7 Å². The number of benzene rings is 1. The van der Waals surface area contributed by atoms with Gasteiger partial charge in [-0.05, 0) is 47.5 Å². The van der Waals surface area contributed by atoms with Crippen molar-refractivity contribution in [2.75, 3.05) is 12.8 Å². The first kappa shape index (κ1) is 15.7. The second-order valence-electron chi connectivity index (χ2n) is 3.77. The number of unbranched alkanes of at least 4 members (excludes halogenated alkanes) is 1. The summed E-state index contributed by atoms with van der Waals surface area (Å²) in [6.07, 6.45) is 2.03. The fraction of sp³-hybridized carbons (Fsp3) is 0.500. The molecule has 0 radical (unpaired) electrons. The molecule has 1 rings (SSSR count). The molecule has 6 heteroatoms. The van der Waals surface area contributed by atoms with Gasteiger partial charge in [0, 0.05) is 0 Å². The van der Waals surface area contributed by atoms with Crippen LogP contribution in [0.5, 0.6) is 5.75 Å². The Morgan fingerprint density at radius 2 is 2.11 bits per heavy atom. The molecule has 0 N–H and O–H groups in total. The number of halogens is 2. The largest absolute Gasteiger partial charge is 0.423 e. The Balaban J connectivity index is 2.85. The molecule has 0 saturated heterocycles. The van der Waals surface area contributed by atoms with Gasteiger partial charge in [0.15, 0.2) is 0 Å². The maximum atomic E-state index is 12.9. The van der Waals surface area contributed by atoms with Crippen LogP contribution in [0.15, 0.2) is 22.7 Å². The Morgan fingerprint density at radius 1 is 1.39 bits per heavy atom. The van der Waals surface area contributed by atoms with Crippen molar-refractivity contribution in [1.82, 2.24) is 0 Å². The van der Waals surface area contributed by atoms with E-state index in [4.69, 9.17) is 9.05 Å². The third-order valence-electron chi connectivity index (χ3n) is 2.24. The molecule has 0 saturated carbocycles. The van der Waals surface area contributed by atoms with Crippen LogP contribution in [0.2, 0.25) is 0 Å². The summed E-state index contributed by atoms with van der Waals surface area (Å²) < 4.78 is 36.5. The van der Waals surface area contributed by atoms with Crippen LogP contribution >= 0.6 is 23.5 Å². The highest BCUT2D eigenvalue weighted by Gasteiger charge is 2.25. The van der Waals surface area contributed by atoms with Crippen molar-refractivity contribution in [1.29, 1.82) is 0 Å². The molecule has 0 aliphatic heterocycles. The molecule has 0 heterocycles. The van der Waals surface area contributed by atoms with Crippen molar-refractivity contribution in [2.24, 2.45) is 0 Å². The van der Waals surface area contributed by atoms with Gasteiger partial charge in [0.1, 0.15) is 11.6 Å². The van der Waals surface area contributed by atoms with E-state index in [0.717, 1.165) is 12.8 Å². The number of hydrogen-bond acceptors (Lipinski definition) is 3. The van der Waals surface area contributed by atoms with Gasteiger partial charge in [-0.25, -0.2) is 8.96 Å². The predicted molar refractivity (Wildman–Crippen MR) is 73.7 cm³/mol. The first-order valence-corrected chi connectivity index (χ1v) is 8.41. The molecule has 102 valence electrons. The molecular weight excluding hydrogens is 322 g/mol. The van der Waals surface area contributed by atoms with Gasteiger partial charge in [0.25, 0.3) is 0 Å². The molecule has 0 aliphatic carbocycles. The van der Waals surface area contributed by atoms with E-state index in [-0.39, 0.29) is 5.82 Å². The third kappa shape index (κ3) is 4.71. The van der Waals surface area contributed by atoms with Crippen LogP contribution < -0.4 is 4.52 Å². The lowest BCUT2D eigenvalue weighted by atomic mass is 10.3. The molecule has 0 amide bonds. The van der Waals surface area contributed by atoms with Crippen LogP contribution in [0.25, 0.3) is 0 Å². The molecule has 0 fully saturated rings. The van der Waals surface area contributed by atoms with Gasteiger partial charge < -0.3 is 9.05 Å². The van der Waals surface area contributed by atoms with Gasteiger partial charge in [-0.2, -0.15) is 0 Å². The number of hydrogen-bond donors (Lipinski definition) is 0. The normalized spacial score (nSPS) is 14.2. The molecular formula is C12H17BrFO3P. The van der Waals surface area contributed by atoms with Crippen LogP contribution in [0, 0.1) is 5.82 Å². The molecule has 0 aromatic heterocycles. The maximum absolute atomic E-state index is 12.9. The summed E-state index contributed by atoms with van der Waals surface area (Å²) in [5.74, 6) is -0.0432. The van der Waals surface area contributed by atoms with E-state index in [1.165, 1.54) is 18.2 Å². The van der Waals surface area contributed by atoms with E-state index < -0.39 is 7.60 Å². The third-order valence-corrected chi connectivity index (χ3v) is 4.85. The minimum atomic E-state index is -3.15. The second-order valence-corrected chi connectivity index (χ2v) is 6.74. The molecule has 1 atom stereocenters. The first-order chi connectivity index (χ1) is 8.50. The summed E-state index contributed by atoms with van der Waals surface area (Å²) >= 11 is 3.18. The summed E-state index contributed by atoms with van der Waals surface area (Å²) in [6.45, 7) is 4.09. The van der Waals surface area contributed by atoms with Crippen LogP contribution in [0.1, 0.15) is 26.7 Å². The Labute approximate surface area is 115 Å². The average Bonchev–Trinajstić information content (AvgIpc) is 2.31. The zero-order chi connectivity index (χ0) is 13.6. The highest BCUT2D eigenvalue weighted by Crippen LogP contribution is 2.50. The van der Waals surface area contributed by atoms with Gasteiger partial charge in [-0.15, -0.1) is 0 Å². The molecule has 0 aliphatic rings. The Morgan fingerprint density at radius 3 is 2.67 bits per heavy atom. The van der Waals surface area contributed by atoms with Crippen LogP contribution in [0.3, 0.4) is 0 Å². The summed E-state index contributed by atoms with van der Waals surface area (Å²) in [7, 11) is -3.15. The van der Waals surface area contributed by atoms with Crippen molar-refractivity contribution in [3.05, 3.63) is 28.5 Å². The molecule has 1 unspecified atom stereocenters. The van der Waals surface area contributed by atoms with Gasteiger partial charge in [-0.3, -0.25) is 0 Å². The van der Waals surface area contributed by atoms with E-state index in [9.17, 15) is 8.96 Å². The second kappa shape index (κ2) is 7.27. The SMILES string of the molecule is CCCCP(=O)(OCC)Oc1ccc(F)cc1Br. The van der Waals surface area contributed by atoms with Crippen LogP contribution in [-0.2, 0) is 9.09 Å². The van der Waals surface area contributed by atoms with E-state index >= 15 is 0 Å². The molecule has 1 aromatic rings. The van der Waals surface area contributed by atoms with Gasteiger partial charge in [-0.1, -0.05) is 13.3 Å². The highest BCUT2D eigenvalue weighted by atomic mass is 79.9. The van der Waals surface area contributed by atoms with E-state index in [1.807, 2.05) is 6.92 Å². The highest BCUT2D eigenvalue weighted by molar-refractivity contribution is 9.10. The predicted octanol–water partition coefficient (Wildman–Crippen LogP) is 5.00. The Bertz CT molecular complexity index is 439. The molecule has 0 spiro atoms. The molecule has 18 heavy (non-hydrogen) atoms. The van der Waals surface area contributed by atoms with E-state index in [2.05, 4.69) is 15.9 Å². The summed E-state index contributed by atoms with van der Waals surface area (Å²) in [5.41, 5.74) is 0. The fourth-order valence-corrected chi connectivity index (χ4v) is 3.77. The first-order valence-electron chi connectivity index (χ1n) is 5.89. The smallest absolute Gasteiger partial charge is 0.379 e.